The van der Waals surface area contributed by atoms with Gasteiger partial charge in [0.15, 0.2) is 5.65 Å². The van der Waals surface area contributed by atoms with Gasteiger partial charge in [0.2, 0.25) is 5.82 Å². The number of aromatic nitrogens is 3. The van der Waals surface area contributed by atoms with Gasteiger partial charge in [-0.1, -0.05) is 17.7 Å². The maximum Gasteiger partial charge on any atom is 0.449 e. The number of halogens is 5. The summed E-state index contributed by atoms with van der Waals surface area (Å²) in [7, 11) is 0. The molecule has 0 N–H and O–H groups in total. The maximum atomic E-state index is 13.9. The summed E-state index contributed by atoms with van der Waals surface area (Å²) in [5.74, 6) is -1.82. The second-order valence-electron chi connectivity index (χ2n) is 4.57. The van der Waals surface area contributed by atoms with E-state index < -0.39 is 24.4 Å². The molecule has 3 aromatic rings. The predicted molar refractivity (Wildman–Crippen MR) is 73.0 cm³/mol. The predicted octanol–water partition coefficient (Wildman–Crippen LogP) is 4.29. The van der Waals surface area contributed by atoms with Gasteiger partial charge in [-0.05, 0) is 24.3 Å². The van der Waals surface area contributed by atoms with Crippen LogP contribution in [0.4, 0.5) is 17.6 Å². The molecule has 0 aliphatic rings. The third-order valence-corrected chi connectivity index (χ3v) is 3.49. The van der Waals surface area contributed by atoms with Crippen LogP contribution in [-0.2, 0) is 12.7 Å². The largest absolute Gasteiger partial charge is 0.449 e. The van der Waals surface area contributed by atoms with Crippen molar-refractivity contribution in [3.63, 3.8) is 0 Å². The SMILES string of the molecule is Fc1cccc(Cl)c1Cn1c(C(F)(F)F)nc2cccnc21. The van der Waals surface area contributed by atoms with Gasteiger partial charge in [-0.15, -0.1) is 0 Å². The van der Waals surface area contributed by atoms with Crippen molar-refractivity contribution >= 4 is 22.8 Å². The monoisotopic (exact) mass is 329 g/mol. The number of nitrogens with zero attached hydrogens (tertiary/aromatic N) is 3. The number of imidazole rings is 1. The molecule has 2 heterocycles. The van der Waals surface area contributed by atoms with Crippen molar-refractivity contribution < 1.29 is 17.6 Å². The molecule has 22 heavy (non-hydrogen) atoms. The Morgan fingerprint density at radius 2 is 1.91 bits per heavy atom. The van der Waals surface area contributed by atoms with E-state index in [1.807, 2.05) is 0 Å². The van der Waals surface area contributed by atoms with Crippen LogP contribution in [0.2, 0.25) is 5.02 Å². The van der Waals surface area contributed by atoms with E-state index in [-0.39, 0.29) is 21.7 Å². The Balaban J connectivity index is 2.21. The van der Waals surface area contributed by atoms with E-state index in [0.717, 1.165) is 10.6 Å². The summed E-state index contributed by atoms with van der Waals surface area (Å²) in [6, 6.07) is 6.84. The first-order valence-corrected chi connectivity index (χ1v) is 6.57. The summed E-state index contributed by atoms with van der Waals surface area (Å²) < 4.78 is 54.1. The summed E-state index contributed by atoms with van der Waals surface area (Å²) in [5, 5.41) is 0.0471. The van der Waals surface area contributed by atoms with Crippen molar-refractivity contribution in [2.45, 2.75) is 12.7 Å². The number of fused-ring (bicyclic) bond motifs is 1. The fourth-order valence-corrected chi connectivity index (χ4v) is 2.39. The molecule has 3 rings (SSSR count). The lowest BCUT2D eigenvalue weighted by Crippen LogP contribution is -2.16. The fourth-order valence-electron chi connectivity index (χ4n) is 2.17. The molecule has 0 aliphatic carbocycles. The summed E-state index contributed by atoms with van der Waals surface area (Å²) >= 11 is 5.89. The van der Waals surface area contributed by atoms with Gasteiger partial charge in [0.1, 0.15) is 11.3 Å². The molecule has 0 bridgehead atoms. The Morgan fingerprint density at radius 3 is 2.59 bits per heavy atom. The summed E-state index contributed by atoms with van der Waals surface area (Å²) in [5.41, 5.74) is 0.0658. The highest BCUT2D eigenvalue weighted by atomic mass is 35.5. The first-order valence-electron chi connectivity index (χ1n) is 6.19. The van der Waals surface area contributed by atoms with Gasteiger partial charge in [-0.25, -0.2) is 14.4 Å². The maximum absolute atomic E-state index is 13.9. The lowest BCUT2D eigenvalue weighted by Gasteiger charge is -2.12. The fraction of sp³-hybridized carbons (Fsp3) is 0.143. The van der Waals surface area contributed by atoms with Gasteiger partial charge >= 0.3 is 6.18 Å². The average Bonchev–Trinajstić information content (AvgIpc) is 2.82. The summed E-state index contributed by atoms with van der Waals surface area (Å²) in [4.78, 5) is 7.46. The van der Waals surface area contributed by atoms with Crippen LogP contribution < -0.4 is 0 Å². The molecule has 0 fully saturated rings. The smallest absolute Gasteiger partial charge is 0.300 e. The zero-order valence-electron chi connectivity index (χ0n) is 10.9. The van der Waals surface area contributed by atoms with E-state index in [2.05, 4.69) is 9.97 Å². The average molecular weight is 330 g/mol. The second kappa shape index (κ2) is 5.24. The quantitative estimate of drug-likeness (QED) is 0.657. The van der Waals surface area contributed by atoms with Crippen molar-refractivity contribution in [3.05, 3.63) is 58.8 Å². The minimum Gasteiger partial charge on any atom is -0.300 e. The Kier molecular flexibility index (Phi) is 3.52. The molecule has 0 saturated heterocycles. The number of rotatable bonds is 2. The van der Waals surface area contributed by atoms with Gasteiger partial charge in [-0.2, -0.15) is 13.2 Å². The van der Waals surface area contributed by atoms with Crippen molar-refractivity contribution in [1.82, 2.24) is 14.5 Å². The van der Waals surface area contributed by atoms with Crippen LogP contribution in [0.1, 0.15) is 11.4 Å². The van der Waals surface area contributed by atoms with Crippen LogP contribution in [0, 0.1) is 5.82 Å². The minimum atomic E-state index is -4.68. The van der Waals surface area contributed by atoms with Crippen LogP contribution >= 0.6 is 11.6 Å². The van der Waals surface area contributed by atoms with E-state index in [1.165, 1.54) is 30.5 Å². The van der Waals surface area contributed by atoms with Gasteiger partial charge in [0.25, 0.3) is 0 Å². The first-order chi connectivity index (χ1) is 10.4. The molecule has 0 spiro atoms. The van der Waals surface area contributed by atoms with Crippen molar-refractivity contribution in [2.24, 2.45) is 0 Å². The molecule has 8 heteroatoms. The van der Waals surface area contributed by atoms with Crippen LogP contribution in [0.5, 0.6) is 0 Å². The number of pyridine rings is 1. The van der Waals surface area contributed by atoms with E-state index in [1.54, 1.807) is 0 Å². The minimum absolute atomic E-state index is 0.0224. The van der Waals surface area contributed by atoms with Crippen molar-refractivity contribution in [2.75, 3.05) is 0 Å². The van der Waals surface area contributed by atoms with Gasteiger partial charge in [-0.3, -0.25) is 0 Å². The molecule has 0 unspecified atom stereocenters. The van der Waals surface area contributed by atoms with E-state index in [9.17, 15) is 17.6 Å². The van der Waals surface area contributed by atoms with E-state index in [0.29, 0.717) is 0 Å². The third kappa shape index (κ3) is 2.52. The number of benzene rings is 1. The highest BCUT2D eigenvalue weighted by Gasteiger charge is 2.38. The third-order valence-electron chi connectivity index (χ3n) is 3.14. The topological polar surface area (TPSA) is 30.7 Å². The molecule has 0 radical (unpaired) electrons. The molecule has 0 atom stereocenters. The van der Waals surface area contributed by atoms with Gasteiger partial charge < -0.3 is 4.57 Å². The lowest BCUT2D eigenvalue weighted by atomic mass is 10.2. The number of hydrogen-bond donors (Lipinski definition) is 0. The van der Waals surface area contributed by atoms with Gasteiger partial charge in [0.05, 0.1) is 6.54 Å². The second-order valence-corrected chi connectivity index (χ2v) is 4.97. The molecule has 2 aromatic heterocycles. The first kappa shape index (κ1) is 14.8. The Labute approximate surface area is 127 Å². The lowest BCUT2D eigenvalue weighted by molar-refractivity contribution is -0.146. The van der Waals surface area contributed by atoms with Crippen LogP contribution in [0.3, 0.4) is 0 Å². The summed E-state index contributed by atoms with van der Waals surface area (Å²) in [6.07, 6.45) is -3.33. The van der Waals surface area contributed by atoms with Crippen LogP contribution in [-0.4, -0.2) is 14.5 Å². The molecular formula is C14H8ClF4N3. The van der Waals surface area contributed by atoms with Gasteiger partial charge in [0, 0.05) is 16.8 Å². The molecule has 3 nitrogen and oxygen atoms in total. The highest BCUT2D eigenvalue weighted by Crippen LogP contribution is 2.32. The Morgan fingerprint density at radius 1 is 1.14 bits per heavy atom. The zero-order valence-corrected chi connectivity index (χ0v) is 11.7. The molecule has 0 saturated carbocycles. The summed E-state index contributed by atoms with van der Waals surface area (Å²) in [6.45, 7) is -0.409. The van der Waals surface area contributed by atoms with E-state index >= 15 is 0 Å². The van der Waals surface area contributed by atoms with Crippen molar-refractivity contribution in [3.8, 4) is 0 Å². The van der Waals surface area contributed by atoms with Crippen molar-refractivity contribution in [1.29, 1.82) is 0 Å². The Bertz CT molecular complexity index is 821. The Hall–Kier alpha value is -2.15. The van der Waals surface area contributed by atoms with Crippen LogP contribution in [0.25, 0.3) is 11.2 Å². The molecule has 0 amide bonds. The number of alkyl halides is 3. The molecule has 0 aliphatic heterocycles. The van der Waals surface area contributed by atoms with Crippen LogP contribution in [0.15, 0.2) is 36.5 Å². The highest BCUT2D eigenvalue weighted by molar-refractivity contribution is 6.31. The molecular weight excluding hydrogens is 322 g/mol. The normalized spacial score (nSPS) is 12.0. The standard InChI is InChI=1S/C14H8ClF4N3/c15-9-3-1-4-10(16)8(9)7-22-12-11(5-2-6-20-12)21-13(22)14(17,18)19/h1-6H,7H2. The number of hydrogen-bond acceptors (Lipinski definition) is 2. The molecule has 1 aromatic carbocycles. The van der Waals surface area contributed by atoms with E-state index in [4.69, 9.17) is 11.6 Å². The zero-order chi connectivity index (χ0) is 15.9. The molecule has 114 valence electrons.